The van der Waals surface area contributed by atoms with Crippen molar-refractivity contribution in [3.63, 3.8) is 0 Å². The van der Waals surface area contributed by atoms with Gasteiger partial charge < -0.3 is 19.9 Å². The summed E-state index contributed by atoms with van der Waals surface area (Å²) in [4.78, 5) is 6.91. The third-order valence-electron chi connectivity index (χ3n) is 4.79. The van der Waals surface area contributed by atoms with Crippen molar-refractivity contribution in [1.82, 2.24) is 20.7 Å². The van der Waals surface area contributed by atoms with Crippen molar-refractivity contribution in [3.8, 4) is 5.75 Å². The minimum absolute atomic E-state index is 0.285. The average molecular weight is 389 g/mol. The fourth-order valence-corrected chi connectivity index (χ4v) is 3.29. The number of piperidine rings is 1. The van der Waals surface area contributed by atoms with Gasteiger partial charge in [0.25, 0.3) is 0 Å². The van der Waals surface area contributed by atoms with Crippen LogP contribution in [-0.2, 0) is 13.1 Å². The molecule has 1 aromatic heterocycles. The van der Waals surface area contributed by atoms with E-state index in [2.05, 4.69) is 25.7 Å². The number of rotatable bonds is 7. The summed E-state index contributed by atoms with van der Waals surface area (Å²) in [5.41, 5.74) is 1.77. The largest absolute Gasteiger partial charge is 0.494 e. The quantitative estimate of drug-likeness (QED) is 0.560. The minimum atomic E-state index is -0.310. The van der Waals surface area contributed by atoms with Crippen molar-refractivity contribution >= 4 is 5.96 Å². The van der Waals surface area contributed by atoms with Gasteiger partial charge in [-0.15, -0.1) is 0 Å². The van der Waals surface area contributed by atoms with Crippen LogP contribution >= 0.6 is 0 Å². The van der Waals surface area contributed by atoms with Gasteiger partial charge in [-0.1, -0.05) is 11.2 Å². The van der Waals surface area contributed by atoms with E-state index in [4.69, 9.17) is 9.26 Å². The lowest BCUT2D eigenvalue weighted by molar-refractivity contribution is 0.198. The predicted molar refractivity (Wildman–Crippen MR) is 106 cm³/mol. The van der Waals surface area contributed by atoms with Crippen LogP contribution < -0.4 is 15.4 Å². The van der Waals surface area contributed by atoms with E-state index >= 15 is 0 Å². The van der Waals surface area contributed by atoms with Crippen LogP contribution in [0.5, 0.6) is 5.75 Å². The molecule has 1 saturated heterocycles. The molecule has 0 bridgehead atoms. The van der Waals surface area contributed by atoms with E-state index in [1.807, 2.05) is 19.1 Å². The van der Waals surface area contributed by atoms with Gasteiger partial charge in [-0.25, -0.2) is 9.38 Å². The zero-order valence-corrected chi connectivity index (χ0v) is 16.4. The van der Waals surface area contributed by atoms with E-state index in [1.165, 1.54) is 7.11 Å². The normalized spacial score (nSPS) is 16.2. The van der Waals surface area contributed by atoms with Crippen LogP contribution in [0.15, 0.2) is 40.0 Å². The van der Waals surface area contributed by atoms with Crippen LogP contribution in [0.25, 0.3) is 0 Å². The highest BCUT2D eigenvalue weighted by molar-refractivity contribution is 5.80. The standard InChI is InChI=1S/C20H28FN5O2/c1-3-22-20(23-13-17-8-11-28-25-17)24-16-6-9-26(10-7-16)14-15-4-5-19(27-2)18(21)12-15/h4-5,8,11-12,16H,3,6-7,9-10,13-14H2,1-2H3,(H2,22,23,24). The molecular formula is C20H28FN5O2. The summed E-state index contributed by atoms with van der Waals surface area (Å²) in [6.07, 6.45) is 3.57. The van der Waals surface area contributed by atoms with Crippen molar-refractivity contribution < 1.29 is 13.7 Å². The first-order chi connectivity index (χ1) is 13.7. The molecule has 8 heteroatoms. The highest BCUT2D eigenvalue weighted by atomic mass is 19.1. The number of hydrogen-bond acceptors (Lipinski definition) is 5. The van der Waals surface area contributed by atoms with Crippen molar-refractivity contribution in [2.45, 2.75) is 38.9 Å². The molecule has 0 radical (unpaired) electrons. The second-order valence-corrected chi connectivity index (χ2v) is 6.85. The number of aromatic nitrogens is 1. The molecule has 0 unspecified atom stereocenters. The Bertz CT molecular complexity index is 758. The molecule has 0 aliphatic carbocycles. The van der Waals surface area contributed by atoms with Crippen molar-refractivity contribution in [1.29, 1.82) is 0 Å². The summed E-state index contributed by atoms with van der Waals surface area (Å²) in [7, 11) is 1.48. The predicted octanol–water partition coefficient (Wildman–Crippen LogP) is 2.54. The molecule has 0 spiro atoms. The number of guanidine groups is 1. The van der Waals surface area contributed by atoms with Crippen molar-refractivity contribution in [2.24, 2.45) is 4.99 Å². The van der Waals surface area contributed by atoms with Crippen LogP contribution in [0.3, 0.4) is 0 Å². The highest BCUT2D eigenvalue weighted by Gasteiger charge is 2.20. The topological polar surface area (TPSA) is 74.9 Å². The van der Waals surface area contributed by atoms with Gasteiger partial charge in [0.2, 0.25) is 0 Å². The number of nitrogens with zero attached hydrogens (tertiary/aromatic N) is 3. The Morgan fingerprint density at radius 2 is 2.18 bits per heavy atom. The zero-order valence-electron chi connectivity index (χ0n) is 16.4. The van der Waals surface area contributed by atoms with Gasteiger partial charge in [-0.3, -0.25) is 4.90 Å². The van der Waals surface area contributed by atoms with Gasteiger partial charge in [-0.05, 0) is 37.5 Å². The maximum Gasteiger partial charge on any atom is 0.191 e. The summed E-state index contributed by atoms with van der Waals surface area (Å²) >= 11 is 0. The van der Waals surface area contributed by atoms with Gasteiger partial charge in [0.15, 0.2) is 17.5 Å². The van der Waals surface area contributed by atoms with E-state index < -0.39 is 0 Å². The molecule has 7 nitrogen and oxygen atoms in total. The number of aliphatic imine (C=N–C) groups is 1. The Hall–Kier alpha value is -2.61. The third kappa shape index (κ3) is 5.69. The molecule has 2 aromatic rings. The smallest absolute Gasteiger partial charge is 0.191 e. The lowest BCUT2D eigenvalue weighted by Gasteiger charge is -2.33. The molecule has 1 fully saturated rings. The van der Waals surface area contributed by atoms with E-state index in [1.54, 1.807) is 18.4 Å². The van der Waals surface area contributed by atoms with E-state index in [9.17, 15) is 4.39 Å². The highest BCUT2D eigenvalue weighted by Crippen LogP contribution is 2.20. The molecule has 2 N–H and O–H groups in total. The number of likely N-dealkylation sites (tertiary alicyclic amines) is 1. The summed E-state index contributed by atoms with van der Waals surface area (Å²) in [5, 5.41) is 10.7. The second-order valence-electron chi connectivity index (χ2n) is 6.85. The molecule has 1 aliphatic rings. The fourth-order valence-electron chi connectivity index (χ4n) is 3.29. The van der Waals surface area contributed by atoms with Crippen LogP contribution in [0.4, 0.5) is 4.39 Å². The number of nitrogens with one attached hydrogen (secondary N) is 2. The molecule has 1 aliphatic heterocycles. The van der Waals surface area contributed by atoms with Crippen molar-refractivity contribution in [3.05, 3.63) is 47.6 Å². The van der Waals surface area contributed by atoms with Crippen molar-refractivity contribution in [2.75, 3.05) is 26.7 Å². The Labute approximate surface area is 164 Å². The van der Waals surface area contributed by atoms with Gasteiger partial charge >= 0.3 is 0 Å². The van der Waals surface area contributed by atoms with Gasteiger partial charge in [-0.2, -0.15) is 0 Å². The molecule has 0 saturated carbocycles. The zero-order chi connectivity index (χ0) is 19.8. The average Bonchev–Trinajstić information content (AvgIpc) is 3.22. The number of methoxy groups -OCH3 is 1. The first-order valence-corrected chi connectivity index (χ1v) is 9.66. The van der Waals surface area contributed by atoms with Crippen LogP contribution in [0.1, 0.15) is 31.0 Å². The van der Waals surface area contributed by atoms with E-state index in [0.29, 0.717) is 12.6 Å². The summed E-state index contributed by atoms with van der Waals surface area (Å²) < 4.78 is 23.7. The molecule has 0 atom stereocenters. The van der Waals surface area contributed by atoms with Gasteiger partial charge in [0.1, 0.15) is 12.0 Å². The fraction of sp³-hybridized carbons (Fsp3) is 0.500. The molecule has 28 heavy (non-hydrogen) atoms. The number of benzene rings is 1. The summed E-state index contributed by atoms with van der Waals surface area (Å²) in [5.74, 6) is 0.767. The minimum Gasteiger partial charge on any atom is -0.494 e. The lowest BCUT2D eigenvalue weighted by atomic mass is 10.0. The van der Waals surface area contributed by atoms with Gasteiger partial charge in [0.05, 0.1) is 13.7 Å². The third-order valence-corrected chi connectivity index (χ3v) is 4.79. The molecular weight excluding hydrogens is 361 g/mol. The Morgan fingerprint density at radius 3 is 2.82 bits per heavy atom. The monoisotopic (exact) mass is 389 g/mol. The molecule has 3 rings (SSSR count). The SMILES string of the molecule is CCNC(=NCc1ccon1)NC1CCN(Cc2ccc(OC)c(F)c2)CC1. The lowest BCUT2D eigenvalue weighted by Crippen LogP contribution is -2.48. The van der Waals surface area contributed by atoms with E-state index in [0.717, 1.165) is 56.2 Å². The molecule has 1 aromatic carbocycles. The Kier molecular flexibility index (Phi) is 7.25. The molecule has 0 amide bonds. The first-order valence-electron chi connectivity index (χ1n) is 9.66. The number of hydrogen-bond donors (Lipinski definition) is 2. The Morgan fingerprint density at radius 1 is 1.36 bits per heavy atom. The van der Waals surface area contributed by atoms with Crippen LogP contribution in [-0.4, -0.2) is 48.8 Å². The molecule has 2 heterocycles. The number of ether oxygens (including phenoxy) is 1. The Balaban J connectivity index is 1.48. The maximum atomic E-state index is 13.9. The second kappa shape index (κ2) is 10.1. The van der Waals surface area contributed by atoms with Gasteiger partial charge in [0, 0.05) is 38.3 Å². The first kappa shape index (κ1) is 20.1. The molecule has 152 valence electrons. The van der Waals surface area contributed by atoms with Crippen LogP contribution in [0, 0.1) is 5.82 Å². The van der Waals surface area contributed by atoms with Crippen LogP contribution in [0.2, 0.25) is 0 Å². The maximum absolute atomic E-state index is 13.9. The summed E-state index contributed by atoms with van der Waals surface area (Å²) in [6.45, 7) is 5.97. The number of halogens is 1. The van der Waals surface area contributed by atoms with E-state index in [-0.39, 0.29) is 11.6 Å². The summed E-state index contributed by atoms with van der Waals surface area (Å²) in [6, 6.07) is 7.34.